The van der Waals surface area contributed by atoms with Crippen LogP contribution < -0.4 is 15.2 Å². The molecule has 1 rings (SSSR count). The summed E-state index contributed by atoms with van der Waals surface area (Å²) < 4.78 is 11.2. The molecule has 3 nitrogen and oxygen atoms in total. The van der Waals surface area contributed by atoms with Crippen LogP contribution in [0.4, 0.5) is 0 Å². The fourth-order valence-corrected chi connectivity index (χ4v) is 1.79. The van der Waals surface area contributed by atoms with E-state index in [1.165, 1.54) is 0 Å². The standard InChI is InChI=1S/C15H25NO2/c1-11(2)8-9-18-15-13(10-12(3)16)6-5-7-14(15)17-4/h5-7,11-12H,8-10,16H2,1-4H3. The Morgan fingerprint density at radius 1 is 1.22 bits per heavy atom. The molecule has 0 aliphatic heterocycles. The number of hydrogen-bond acceptors (Lipinski definition) is 3. The highest BCUT2D eigenvalue weighted by atomic mass is 16.5. The second-order valence-electron chi connectivity index (χ2n) is 5.16. The third-order valence-corrected chi connectivity index (χ3v) is 2.76. The van der Waals surface area contributed by atoms with Gasteiger partial charge in [0.15, 0.2) is 11.5 Å². The number of ether oxygens (including phenoxy) is 2. The minimum Gasteiger partial charge on any atom is -0.493 e. The smallest absolute Gasteiger partial charge is 0.164 e. The van der Waals surface area contributed by atoms with Crippen molar-refractivity contribution in [1.82, 2.24) is 0 Å². The number of hydrogen-bond donors (Lipinski definition) is 1. The fraction of sp³-hybridized carbons (Fsp3) is 0.600. The Balaban J connectivity index is 2.82. The highest BCUT2D eigenvalue weighted by molar-refractivity contribution is 5.47. The van der Waals surface area contributed by atoms with Gasteiger partial charge in [-0.2, -0.15) is 0 Å². The topological polar surface area (TPSA) is 44.5 Å². The zero-order chi connectivity index (χ0) is 13.5. The molecule has 1 unspecified atom stereocenters. The van der Waals surface area contributed by atoms with E-state index in [1.54, 1.807) is 7.11 Å². The highest BCUT2D eigenvalue weighted by Gasteiger charge is 2.12. The SMILES string of the molecule is COc1cccc(CC(C)N)c1OCCC(C)C. The predicted molar refractivity (Wildman–Crippen MR) is 75.3 cm³/mol. The maximum Gasteiger partial charge on any atom is 0.164 e. The van der Waals surface area contributed by atoms with Gasteiger partial charge in [-0.25, -0.2) is 0 Å². The summed E-state index contributed by atoms with van der Waals surface area (Å²) in [5.74, 6) is 2.27. The first-order valence-corrected chi connectivity index (χ1v) is 6.58. The van der Waals surface area contributed by atoms with Gasteiger partial charge >= 0.3 is 0 Å². The Labute approximate surface area is 110 Å². The second kappa shape index (κ2) is 7.27. The molecule has 3 heteroatoms. The van der Waals surface area contributed by atoms with Gasteiger partial charge in [-0.3, -0.25) is 0 Å². The van der Waals surface area contributed by atoms with E-state index in [4.69, 9.17) is 15.2 Å². The average Bonchev–Trinajstić information content (AvgIpc) is 2.29. The number of methoxy groups -OCH3 is 1. The molecule has 0 spiro atoms. The summed E-state index contributed by atoms with van der Waals surface area (Å²) in [5.41, 5.74) is 6.98. The first kappa shape index (κ1) is 14.8. The van der Waals surface area contributed by atoms with Crippen LogP contribution in [0.25, 0.3) is 0 Å². The predicted octanol–water partition coefficient (Wildman–Crippen LogP) is 3.01. The molecule has 0 heterocycles. The molecule has 1 atom stereocenters. The van der Waals surface area contributed by atoms with E-state index in [0.717, 1.165) is 29.9 Å². The molecule has 0 radical (unpaired) electrons. The molecule has 0 saturated carbocycles. The summed E-state index contributed by atoms with van der Waals surface area (Å²) >= 11 is 0. The van der Waals surface area contributed by atoms with E-state index >= 15 is 0 Å². The van der Waals surface area contributed by atoms with Gasteiger partial charge in [0.1, 0.15) is 0 Å². The van der Waals surface area contributed by atoms with E-state index in [9.17, 15) is 0 Å². The summed E-state index contributed by atoms with van der Waals surface area (Å²) in [7, 11) is 1.67. The van der Waals surface area contributed by atoms with Crippen molar-refractivity contribution in [3.05, 3.63) is 23.8 Å². The molecule has 0 amide bonds. The van der Waals surface area contributed by atoms with Crippen LogP contribution >= 0.6 is 0 Å². The Kier molecular flexibility index (Phi) is 5.99. The number of benzene rings is 1. The molecule has 0 aliphatic rings. The van der Waals surface area contributed by atoms with Crippen molar-refractivity contribution in [2.75, 3.05) is 13.7 Å². The number of rotatable bonds is 7. The summed E-state index contributed by atoms with van der Waals surface area (Å²) in [6, 6.07) is 6.07. The normalized spacial score (nSPS) is 12.6. The molecule has 0 fully saturated rings. The van der Waals surface area contributed by atoms with Crippen molar-refractivity contribution < 1.29 is 9.47 Å². The van der Waals surface area contributed by atoms with E-state index in [0.29, 0.717) is 12.5 Å². The lowest BCUT2D eigenvalue weighted by molar-refractivity contribution is 0.270. The second-order valence-corrected chi connectivity index (χ2v) is 5.16. The minimum absolute atomic E-state index is 0.115. The van der Waals surface area contributed by atoms with Crippen molar-refractivity contribution in [2.24, 2.45) is 11.7 Å². The maximum absolute atomic E-state index is 5.89. The molecule has 0 aromatic heterocycles. The number of nitrogens with two attached hydrogens (primary N) is 1. The van der Waals surface area contributed by atoms with Crippen molar-refractivity contribution in [1.29, 1.82) is 0 Å². The van der Waals surface area contributed by atoms with Gasteiger partial charge in [0.2, 0.25) is 0 Å². The summed E-state index contributed by atoms with van der Waals surface area (Å²) in [4.78, 5) is 0. The zero-order valence-corrected chi connectivity index (χ0v) is 11.9. The van der Waals surface area contributed by atoms with Gasteiger partial charge in [-0.15, -0.1) is 0 Å². The molecular formula is C15H25NO2. The lowest BCUT2D eigenvalue weighted by Crippen LogP contribution is -2.18. The molecule has 0 bridgehead atoms. The van der Waals surface area contributed by atoms with Crippen LogP contribution in [0.1, 0.15) is 32.8 Å². The third kappa shape index (κ3) is 4.57. The molecule has 2 N–H and O–H groups in total. The van der Waals surface area contributed by atoms with Crippen LogP contribution in [0.5, 0.6) is 11.5 Å². The summed E-state index contributed by atoms with van der Waals surface area (Å²) in [6.07, 6.45) is 1.84. The van der Waals surface area contributed by atoms with Crippen LogP contribution in [0.3, 0.4) is 0 Å². The van der Waals surface area contributed by atoms with Crippen molar-refractivity contribution in [3.63, 3.8) is 0 Å². The lowest BCUT2D eigenvalue weighted by atomic mass is 10.1. The van der Waals surface area contributed by atoms with Crippen LogP contribution in [0.15, 0.2) is 18.2 Å². The van der Waals surface area contributed by atoms with Crippen molar-refractivity contribution >= 4 is 0 Å². The van der Waals surface area contributed by atoms with Gasteiger partial charge in [0.05, 0.1) is 13.7 Å². The maximum atomic E-state index is 5.89. The molecular weight excluding hydrogens is 226 g/mol. The van der Waals surface area contributed by atoms with Crippen LogP contribution in [0, 0.1) is 5.92 Å². The van der Waals surface area contributed by atoms with E-state index in [1.807, 2.05) is 19.1 Å². The zero-order valence-electron chi connectivity index (χ0n) is 11.9. The minimum atomic E-state index is 0.115. The average molecular weight is 251 g/mol. The van der Waals surface area contributed by atoms with Gasteiger partial charge in [-0.05, 0) is 37.3 Å². The highest BCUT2D eigenvalue weighted by Crippen LogP contribution is 2.32. The molecule has 1 aromatic carbocycles. The Hall–Kier alpha value is -1.22. The van der Waals surface area contributed by atoms with E-state index < -0.39 is 0 Å². The molecule has 1 aromatic rings. The number of para-hydroxylation sites is 1. The monoisotopic (exact) mass is 251 g/mol. The van der Waals surface area contributed by atoms with Gasteiger partial charge in [-0.1, -0.05) is 26.0 Å². The Bertz CT molecular complexity index is 362. The van der Waals surface area contributed by atoms with Crippen molar-refractivity contribution in [3.8, 4) is 11.5 Å². The third-order valence-electron chi connectivity index (χ3n) is 2.76. The largest absolute Gasteiger partial charge is 0.493 e. The molecule has 0 aliphatic carbocycles. The Morgan fingerprint density at radius 2 is 1.94 bits per heavy atom. The molecule has 0 saturated heterocycles. The Morgan fingerprint density at radius 3 is 2.50 bits per heavy atom. The van der Waals surface area contributed by atoms with E-state index in [2.05, 4.69) is 19.9 Å². The molecule has 18 heavy (non-hydrogen) atoms. The summed E-state index contributed by atoms with van der Waals surface area (Å²) in [6.45, 7) is 7.09. The van der Waals surface area contributed by atoms with Crippen LogP contribution in [-0.2, 0) is 6.42 Å². The quantitative estimate of drug-likeness (QED) is 0.810. The van der Waals surface area contributed by atoms with Gasteiger partial charge in [0.25, 0.3) is 0 Å². The lowest BCUT2D eigenvalue weighted by Gasteiger charge is -2.16. The van der Waals surface area contributed by atoms with Gasteiger partial charge < -0.3 is 15.2 Å². The first-order valence-electron chi connectivity index (χ1n) is 6.58. The molecule has 102 valence electrons. The summed E-state index contributed by atoms with van der Waals surface area (Å²) in [5, 5.41) is 0. The fourth-order valence-electron chi connectivity index (χ4n) is 1.79. The van der Waals surface area contributed by atoms with Crippen molar-refractivity contribution in [2.45, 2.75) is 39.7 Å². The van der Waals surface area contributed by atoms with E-state index in [-0.39, 0.29) is 6.04 Å². The van der Waals surface area contributed by atoms with Crippen LogP contribution in [-0.4, -0.2) is 19.8 Å². The first-order chi connectivity index (χ1) is 8.54. The van der Waals surface area contributed by atoms with Crippen LogP contribution in [0.2, 0.25) is 0 Å². The van der Waals surface area contributed by atoms with Gasteiger partial charge in [0, 0.05) is 6.04 Å².